The lowest BCUT2D eigenvalue weighted by Gasteiger charge is -2.38. The number of anilines is 1. The van der Waals surface area contributed by atoms with Crippen LogP contribution in [0.2, 0.25) is 0 Å². The third-order valence-electron chi connectivity index (χ3n) is 7.82. The maximum Gasteiger partial charge on any atom is 0.408 e. The summed E-state index contributed by atoms with van der Waals surface area (Å²) >= 11 is 0. The molecule has 2 aliphatic heterocycles. The molecule has 0 radical (unpaired) electrons. The highest BCUT2D eigenvalue weighted by Gasteiger charge is 2.55. The molecule has 3 heterocycles. The van der Waals surface area contributed by atoms with Gasteiger partial charge in [0.2, 0.25) is 5.88 Å². The van der Waals surface area contributed by atoms with Crippen LogP contribution in [0.25, 0.3) is 0 Å². The molecular weight excluding hydrogens is 440 g/mol. The van der Waals surface area contributed by atoms with Crippen LogP contribution in [0.4, 0.5) is 10.6 Å². The van der Waals surface area contributed by atoms with Crippen molar-refractivity contribution in [1.29, 1.82) is 0 Å². The van der Waals surface area contributed by atoms with E-state index in [1.807, 2.05) is 50.2 Å². The maximum absolute atomic E-state index is 12.7. The molecule has 0 spiro atoms. The van der Waals surface area contributed by atoms with Gasteiger partial charge in [-0.3, -0.25) is 0 Å². The molecule has 3 fully saturated rings. The molecule has 2 unspecified atom stereocenters. The van der Waals surface area contributed by atoms with Crippen LogP contribution < -0.4 is 20.3 Å². The van der Waals surface area contributed by atoms with Gasteiger partial charge in [-0.15, -0.1) is 0 Å². The molecule has 3 aliphatic rings. The van der Waals surface area contributed by atoms with Crippen LogP contribution in [0.15, 0.2) is 42.5 Å². The summed E-state index contributed by atoms with van der Waals surface area (Å²) in [7, 11) is 0. The van der Waals surface area contributed by atoms with Gasteiger partial charge in [0.05, 0.1) is 0 Å². The van der Waals surface area contributed by atoms with Crippen molar-refractivity contribution < 1.29 is 14.3 Å². The van der Waals surface area contributed by atoms with Gasteiger partial charge in [-0.1, -0.05) is 44.2 Å². The summed E-state index contributed by atoms with van der Waals surface area (Å²) in [5.41, 5.74) is 1.43. The monoisotopic (exact) mass is 478 g/mol. The fraction of sp³-hybridized carbons (Fsp3) is 0.571. The molecule has 2 atom stereocenters. The number of nitrogens with one attached hydrogen (secondary N) is 2. The number of carbonyl (C=O) groups excluding carboxylic acids is 1. The average molecular weight is 479 g/mol. The Bertz CT molecular complexity index is 1040. The number of fused-ring (bicyclic) bond motifs is 1. The number of piperidine rings is 2. The second-order valence-corrected chi connectivity index (χ2v) is 11.5. The number of carbonyl (C=O) groups is 1. The van der Waals surface area contributed by atoms with Gasteiger partial charge in [-0.2, -0.15) is 4.98 Å². The third-order valence-corrected chi connectivity index (χ3v) is 7.82. The summed E-state index contributed by atoms with van der Waals surface area (Å²) in [6.07, 6.45) is 2.03. The molecule has 7 nitrogen and oxygen atoms in total. The fourth-order valence-corrected chi connectivity index (χ4v) is 5.17. The number of aromatic nitrogens is 1. The van der Waals surface area contributed by atoms with Crippen LogP contribution in [-0.4, -0.2) is 43.4 Å². The molecule has 1 aromatic heterocycles. The van der Waals surface area contributed by atoms with Crippen molar-refractivity contribution >= 4 is 11.9 Å². The summed E-state index contributed by atoms with van der Waals surface area (Å²) in [6, 6.07) is 13.8. The standard InChI is InChI=1S/C28H38N4O3/c1-27(2)10-12-32(13-11-27)23-14-20(15-24(31-23)34-25-21-17-29-18-22(21)25)28(3,4)35-26(33)30-16-19-8-6-5-7-9-19/h5-9,14-15,21-22,25,29H,10-13,16-18H2,1-4H3,(H,30,33). The molecule has 1 aliphatic carbocycles. The first-order valence-corrected chi connectivity index (χ1v) is 12.9. The predicted octanol–water partition coefficient (Wildman–Crippen LogP) is 4.47. The second-order valence-electron chi connectivity index (χ2n) is 11.5. The second kappa shape index (κ2) is 9.34. The first-order chi connectivity index (χ1) is 16.7. The van der Waals surface area contributed by atoms with Crippen molar-refractivity contribution in [2.45, 2.75) is 58.8 Å². The lowest BCUT2D eigenvalue weighted by molar-refractivity contribution is 0.0357. The van der Waals surface area contributed by atoms with E-state index in [0.29, 0.717) is 29.7 Å². The fourth-order valence-electron chi connectivity index (χ4n) is 5.17. The summed E-state index contributed by atoms with van der Waals surface area (Å²) in [5.74, 6) is 2.68. The van der Waals surface area contributed by atoms with Crippen molar-refractivity contribution in [2.24, 2.45) is 17.3 Å². The Labute approximate surface area is 208 Å². The third kappa shape index (κ3) is 5.56. The van der Waals surface area contributed by atoms with Gasteiger partial charge in [-0.25, -0.2) is 4.79 Å². The Balaban J connectivity index is 1.32. The van der Waals surface area contributed by atoms with Crippen molar-refractivity contribution in [3.8, 4) is 5.88 Å². The van der Waals surface area contributed by atoms with E-state index in [9.17, 15) is 4.79 Å². The van der Waals surface area contributed by atoms with Crippen molar-refractivity contribution in [2.75, 3.05) is 31.1 Å². The zero-order valence-electron chi connectivity index (χ0n) is 21.3. The largest absolute Gasteiger partial charge is 0.474 e. The highest BCUT2D eigenvalue weighted by Crippen LogP contribution is 2.45. The minimum Gasteiger partial charge on any atom is -0.474 e. The van der Waals surface area contributed by atoms with Gasteiger partial charge in [-0.05, 0) is 43.7 Å². The zero-order chi connectivity index (χ0) is 24.6. The molecule has 2 N–H and O–H groups in total. The highest BCUT2D eigenvalue weighted by molar-refractivity contribution is 5.68. The number of rotatable bonds is 7. The number of hydrogen-bond acceptors (Lipinski definition) is 6. The molecule has 1 aromatic carbocycles. The number of nitrogens with zero attached hydrogens (tertiary/aromatic N) is 2. The predicted molar refractivity (Wildman–Crippen MR) is 137 cm³/mol. The van der Waals surface area contributed by atoms with E-state index in [0.717, 1.165) is 56.0 Å². The average Bonchev–Trinajstić information content (AvgIpc) is 3.23. The SMILES string of the molecule is CC1(C)CCN(c2cc(C(C)(C)OC(=O)NCc3ccccc3)cc(OC3C4CNCC43)n2)CC1. The van der Waals surface area contributed by atoms with Crippen LogP contribution >= 0.6 is 0 Å². The Morgan fingerprint density at radius 1 is 1.14 bits per heavy atom. The molecule has 188 valence electrons. The minimum absolute atomic E-state index is 0.227. The lowest BCUT2D eigenvalue weighted by atomic mass is 9.82. The number of pyridine rings is 1. The van der Waals surface area contributed by atoms with Gasteiger partial charge < -0.3 is 25.0 Å². The van der Waals surface area contributed by atoms with Gasteiger partial charge in [0, 0.05) is 56.2 Å². The molecule has 0 bridgehead atoms. The Hall–Kier alpha value is -2.80. The summed E-state index contributed by atoms with van der Waals surface area (Å²) in [6.45, 7) is 12.9. The van der Waals surface area contributed by atoms with Gasteiger partial charge in [0.15, 0.2) is 0 Å². The minimum atomic E-state index is -0.841. The van der Waals surface area contributed by atoms with Gasteiger partial charge in [0.1, 0.15) is 17.5 Å². The van der Waals surface area contributed by atoms with E-state index >= 15 is 0 Å². The van der Waals surface area contributed by atoms with Crippen LogP contribution in [0.3, 0.4) is 0 Å². The zero-order valence-corrected chi connectivity index (χ0v) is 21.3. The molecule has 1 amide bonds. The van der Waals surface area contributed by atoms with Crippen molar-refractivity contribution in [1.82, 2.24) is 15.6 Å². The number of ether oxygens (including phenoxy) is 2. The molecule has 35 heavy (non-hydrogen) atoms. The Morgan fingerprint density at radius 2 is 1.83 bits per heavy atom. The molecule has 5 rings (SSSR count). The van der Waals surface area contributed by atoms with E-state index in [1.54, 1.807) is 0 Å². The van der Waals surface area contributed by atoms with E-state index in [-0.39, 0.29) is 6.10 Å². The molecule has 2 aromatic rings. The summed E-state index contributed by atoms with van der Waals surface area (Å²) in [4.78, 5) is 19.9. The number of benzene rings is 1. The molecule has 1 saturated carbocycles. The summed E-state index contributed by atoms with van der Waals surface area (Å²) in [5, 5.41) is 6.29. The highest BCUT2D eigenvalue weighted by atomic mass is 16.6. The quantitative estimate of drug-likeness (QED) is 0.612. The van der Waals surface area contributed by atoms with Crippen molar-refractivity contribution in [3.63, 3.8) is 0 Å². The number of alkyl carbamates (subject to hydrolysis) is 1. The Kier molecular flexibility index (Phi) is 6.38. The summed E-state index contributed by atoms with van der Waals surface area (Å²) < 4.78 is 12.3. The van der Waals surface area contributed by atoms with Crippen LogP contribution in [-0.2, 0) is 16.9 Å². The van der Waals surface area contributed by atoms with Crippen LogP contribution in [0.5, 0.6) is 5.88 Å². The molecule has 7 heteroatoms. The maximum atomic E-state index is 12.7. The van der Waals surface area contributed by atoms with E-state index < -0.39 is 11.7 Å². The number of amides is 1. The topological polar surface area (TPSA) is 75.7 Å². The molecule has 2 saturated heterocycles. The van der Waals surface area contributed by atoms with Crippen LogP contribution in [0.1, 0.15) is 51.7 Å². The first kappa shape index (κ1) is 23.9. The molecular formula is C28H38N4O3. The van der Waals surface area contributed by atoms with Gasteiger partial charge in [0.25, 0.3) is 0 Å². The first-order valence-electron chi connectivity index (χ1n) is 12.9. The lowest BCUT2D eigenvalue weighted by Crippen LogP contribution is -2.38. The van der Waals surface area contributed by atoms with Gasteiger partial charge >= 0.3 is 6.09 Å². The van der Waals surface area contributed by atoms with Crippen LogP contribution in [0, 0.1) is 17.3 Å². The van der Waals surface area contributed by atoms with E-state index in [4.69, 9.17) is 14.5 Å². The Morgan fingerprint density at radius 3 is 2.51 bits per heavy atom. The van der Waals surface area contributed by atoms with E-state index in [1.165, 1.54) is 0 Å². The van der Waals surface area contributed by atoms with Crippen molar-refractivity contribution in [3.05, 3.63) is 53.6 Å². The normalized spacial score (nSPS) is 25.0. The van der Waals surface area contributed by atoms with E-state index in [2.05, 4.69) is 35.4 Å². The number of hydrogen-bond donors (Lipinski definition) is 2. The smallest absolute Gasteiger partial charge is 0.408 e.